The number of benzene rings is 1. The average Bonchev–Trinajstić information content (AvgIpc) is 2.89. The molecule has 1 spiro atoms. The minimum Gasteiger partial charge on any atom is -0.459 e. The molecule has 1 aromatic rings. The second kappa shape index (κ2) is 5.64. The number of carbonyl (C=O) groups is 1. The highest BCUT2D eigenvalue weighted by Gasteiger charge is 2.41. The van der Waals surface area contributed by atoms with E-state index in [1.165, 1.54) is 12.1 Å². The number of halogens is 1. The predicted octanol–water partition coefficient (Wildman–Crippen LogP) is 3.06. The van der Waals surface area contributed by atoms with Crippen molar-refractivity contribution in [2.24, 2.45) is 0 Å². The van der Waals surface area contributed by atoms with E-state index in [-0.39, 0.29) is 23.0 Å². The molecule has 5 heteroatoms. The first kappa shape index (κ1) is 14.3. The monoisotopic (exact) mass is 293 g/mol. The van der Waals surface area contributed by atoms with Crippen LogP contribution in [-0.4, -0.2) is 24.3 Å². The molecular weight excluding hydrogens is 273 g/mol. The number of carbonyl (C=O) groups excluding carboxylic acids is 1. The van der Waals surface area contributed by atoms with Gasteiger partial charge in [0.05, 0.1) is 17.8 Å². The molecule has 0 bridgehead atoms. The zero-order chi connectivity index (χ0) is 14.9. The van der Waals surface area contributed by atoms with Crippen molar-refractivity contribution in [1.82, 2.24) is 0 Å². The molecule has 1 aromatic carbocycles. The van der Waals surface area contributed by atoms with Crippen molar-refractivity contribution in [3.63, 3.8) is 0 Å². The minimum absolute atomic E-state index is 0.0990. The number of rotatable bonds is 2. The van der Waals surface area contributed by atoms with Crippen LogP contribution in [-0.2, 0) is 9.47 Å². The van der Waals surface area contributed by atoms with Gasteiger partial charge >= 0.3 is 5.97 Å². The number of ether oxygens (including phenoxy) is 2. The van der Waals surface area contributed by atoms with Crippen LogP contribution < -0.4 is 5.73 Å². The van der Waals surface area contributed by atoms with Crippen molar-refractivity contribution in [3.8, 4) is 0 Å². The van der Waals surface area contributed by atoms with Gasteiger partial charge in [-0.15, -0.1) is 0 Å². The van der Waals surface area contributed by atoms with E-state index in [0.717, 1.165) is 38.2 Å². The highest BCUT2D eigenvalue weighted by molar-refractivity contribution is 5.95. The molecule has 1 aliphatic heterocycles. The van der Waals surface area contributed by atoms with Crippen molar-refractivity contribution in [3.05, 3.63) is 29.6 Å². The molecule has 2 aliphatic rings. The molecule has 1 heterocycles. The van der Waals surface area contributed by atoms with E-state index in [1.54, 1.807) is 0 Å². The van der Waals surface area contributed by atoms with E-state index in [9.17, 15) is 9.18 Å². The average molecular weight is 293 g/mol. The summed E-state index contributed by atoms with van der Waals surface area (Å²) in [4.78, 5) is 12.2. The van der Waals surface area contributed by atoms with Crippen LogP contribution in [0, 0.1) is 5.82 Å². The summed E-state index contributed by atoms with van der Waals surface area (Å²) in [5.41, 5.74) is 5.94. The number of nitrogens with two attached hydrogens (primary N) is 1. The molecule has 114 valence electrons. The summed E-state index contributed by atoms with van der Waals surface area (Å²) >= 11 is 0. The highest BCUT2D eigenvalue weighted by Crippen LogP contribution is 2.40. The van der Waals surface area contributed by atoms with Crippen molar-refractivity contribution >= 4 is 11.7 Å². The summed E-state index contributed by atoms with van der Waals surface area (Å²) in [6.45, 7) is 0.608. The normalized spacial score (nSPS) is 24.1. The second-order valence-corrected chi connectivity index (χ2v) is 5.99. The fourth-order valence-corrected chi connectivity index (χ4v) is 3.37. The van der Waals surface area contributed by atoms with Crippen LogP contribution in [0.4, 0.5) is 10.1 Å². The third-order valence-corrected chi connectivity index (χ3v) is 4.47. The van der Waals surface area contributed by atoms with E-state index < -0.39 is 11.8 Å². The minimum atomic E-state index is -0.549. The Morgan fingerprint density at radius 3 is 2.90 bits per heavy atom. The summed E-state index contributed by atoms with van der Waals surface area (Å²) in [7, 11) is 0. The van der Waals surface area contributed by atoms with Crippen LogP contribution in [0.25, 0.3) is 0 Å². The molecule has 2 N–H and O–H groups in total. The zero-order valence-electron chi connectivity index (χ0n) is 11.9. The van der Waals surface area contributed by atoms with Crippen LogP contribution in [0.5, 0.6) is 0 Å². The van der Waals surface area contributed by atoms with Crippen LogP contribution in [0.15, 0.2) is 18.2 Å². The first-order valence-electron chi connectivity index (χ1n) is 7.48. The SMILES string of the molecule is Nc1ccc(F)cc1C(=O)OC1CCOC2(CCCC2)C1. The summed E-state index contributed by atoms with van der Waals surface area (Å²) < 4.78 is 24.7. The van der Waals surface area contributed by atoms with Crippen molar-refractivity contribution < 1.29 is 18.7 Å². The van der Waals surface area contributed by atoms with Gasteiger partial charge in [0.1, 0.15) is 11.9 Å². The molecule has 1 unspecified atom stereocenters. The molecule has 1 aliphatic carbocycles. The van der Waals surface area contributed by atoms with Crippen LogP contribution in [0.3, 0.4) is 0 Å². The number of nitrogen functional groups attached to an aromatic ring is 1. The van der Waals surface area contributed by atoms with E-state index in [1.807, 2.05) is 0 Å². The Kier molecular flexibility index (Phi) is 3.85. The molecule has 21 heavy (non-hydrogen) atoms. The highest BCUT2D eigenvalue weighted by atomic mass is 19.1. The Morgan fingerprint density at radius 1 is 1.38 bits per heavy atom. The Labute approximate surface area is 123 Å². The second-order valence-electron chi connectivity index (χ2n) is 5.99. The van der Waals surface area contributed by atoms with Gasteiger partial charge in [-0.25, -0.2) is 9.18 Å². The van der Waals surface area contributed by atoms with Crippen LogP contribution in [0.2, 0.25) is 0 Å². The lowest BCUT2D eigenvalue weighted by atomic mass is 9.90. The molecule has 1 saturated carbocycles. The molecule has 2 fully saturated rings. The van der Waals surface area contributed by atoms with Gasteiger partial charge < -0.3 is 15.2 Å². The van der Waals surface area contributed by atoms with Gasteiger partial charge in [0.15, 0.2) is 0 Å². The summed E-state index contributed by atoms with van der Waals surface area (Å²) in [6.07, 6.45) is 5.63. The topological polar surface area (TPSA) is 61.6 Å². The Morgan fingerprint density at radius 2 is 2.14 bits per heavy atom. The first-order chi connectivity index (χ1) is 10.1. The number of anilines is 1. The Hall–Kier alpha value is -1.62. The fourth-order valence-electron chi connectivity index (χ4n) is 3.37. The molecule has 3 rings (SSSR count). The maximum Gasteiger partial charge on any atom is 0.340 e. The predicted molar refractivity (Wildman–Crippen MR) is 76.4 cm³/mol. The molecule has 4 nitrogen and oxygen atoms in total. The largest absolute Gasteiger partial charge is 0.459 e. The van der Waals surface area contributed by atoms with Crippen molar-refractivity contribution in [2.75, 3.05) is 12.3 Å². The third-order valence-electron chi connectivity index (χ3n) is 4.47. The quantitative estimate of drug-likeness (QED) is 0.672. The van der Waals surface area contributed by atoms with Gasteiger partial charge in [0.25, 0.3) is 0 Å². The van der Waals surface area contributed by atoms with Crippen LogP contribution >= 0.6 is 0 Å². The van der Waals surface area contributed by atoms with Gasteiger partial charge in [-0.05, 0) is 31.0 Å². The van der Waals surface area contributed by atoms with Gasteiger partial charge in [-0.3, -0.25) is 0 Å². The fraction of sp³-hybridized carbons (Fsp3) is 0.562. The molecule has 1 saturated heterocycles. The summed E-state index contributed by atoms with van der Waals surface area (Å²) in [5, 5.41) is 0. The lowest BCUT2D eigenvalue weighted by Gasteiger charge is -2.37. The standard InChI is InChI=1S/C16H20FNO3/c17-11-3-4-14(18)13(9-11)15(19)21-12-5-8-20-16(10-12)6-1-2-7-16/h3-4,9,12H,1-2,5-8,10,18H2. The summed E-state index contributed by atoms with van der Waals surface area (Å²) in [6, 6.07) is 3.74. The molecular formula is C16H20FNO3. The first-order valence-corrected chi connectivity index (χ1v) is 7.48. The Bertz CT molecular complexity index is 540. The Balaban J connectivity index is 1.68. The van der Waals surface area contributed by atoms with Gasteiger partial charge in [0, 0.05) is 18.5 Å². The number of hydrogen-bond donors (Lipinski definition) is 1. The smallest absolute Gasteiger partial charge is 0.340 e. The molecule has 0 radical (unpaired) electrons. The van der Waals surface area contributed by atoms with E-state index in [4.69, 9.17) is 15.2 Å². The number of esters is 1. The maximum atomic E-state index is 13.2. The molecule has 0 amide bonds. The van der Waals surface area contributed by atoms with E-state index >= 15 is 0 Å². The molecule has 1 atom stereocenters. The van der Waals surface area contributed by atoms with E-state index in [2.05, 4.69) is 0 Å². The van der Waals surface area contributed by atoms with Gasteiger partial charge in [-0.1, -0.05) is 12.8 Å². The lowest BCUT2D eigenvalue weighted by Crippen LogP contribution is -2.41. The van der Waals surface area contributed by atoms with Gasteiger partial charge in [-0.2, -0.15) is 0 Å². The summed E-state index contributed by atoms with van der Waals surface area (Å²) in [5.74, 6) is -1.04. The van der Waals surface area contributed by atoms with Gasteiger partial charge in [0.2, 0.25) is 0 Å². The number of hydrogen-bond acceptors (Lipinski definition) is 4. The van der Waals surface area contributed by atoms with E-state index in [0.29, 0.717) is 13.0 Å². The third kappa shape index (κ3) is 3.02. The van der Waals surface area contributed by atoms with Crippen LogP contribution in [0.1, 0.15) is 48.9 Å². The van der Waals surface area contributed by atoms with Crippen molar-refractivity contribution in [2.45, 2.75) is 50.2 Å². The van der Waals surface area contributed by atoms with Crippen molar-refractivity contribution in [1.29, 1.82) is 0 Å². The molecule has 0 aromatic heterocycles. The maximum absolute atomic E-state index is 13.2. The zero-order valence-corrected chi connectivity index (χ0v) is 11.9. The lowest BCUT2D eigenvalue weighted by molar-refractivity contribution is -0.117.